The third-order valence-electron chi connectivity index (χ3n) is 3.30. The fraction of sp³-hybridized carbons (Fsp3) is 0.538. The first-order valence-corrected chi connectivity index (χ1v) is 5.87. The summed E-state index contributed by atoms with van der Waals surface area (Å²) in [5.74, 6) is 0. The number of alkyl halides is 3. The number of hydrogen-bond donors (Lipinski definition) is 1. The van der Waals surface area contributed by atoms with Crippen LogP contribution in [0.25, 0.3) is 0 Å². The van der Waals surface area contributed by atoms with Gasteiger partial charge >= 0.3 is 6.18 Å². The van der Waals surface area contributed by atoms with Gasteiger partial charge in [-0.05, 0) is 56.0 Å². The van der Waals surface area contributed by atoms with Crippen LogP contribution in [0.3, 0.4) is 0 Å². The van der Waals surface area contributed by atoms with Crippen LogP contribution in [0.4, 0.5) is 13.2 Å². The molecule has 1 N–H and O–H groups in total. The first-order chi connectivity index (χ1) is 7.97. The van der Waals surface area contributed by atoms with Gasteiger partial charge in [-0.3, -0.25) is 0 Å². The third kappa shape index (κ3) is 3.00. The zero-order valence-corrected chi connectivity index (χ0v) is 9.77. The van der Waals surface area contributed by atoms with E-state index in [1.54, 1.807) is 13.0 Å². The van der Waals surface area contributed by atoms with Crippen molar-refractivity contribution in [1.82, 2.24) is 5.32 Å². The van der Waals surface area contributed by atoms with Gasteiger partial charge in [0.1, 0.15) is 0 Å². The Morgan fingerprint density at radius 1 is 1.35 bits per heavy atom. The molecule has 2 rings (SSSR count). The molecule has 94 valence electrons. The lowest BCUT2D eigenvalue weighted by Crippen LogP contribution is -2.24. The van der Waals surface area contributed by atoms with Crippen LogP contribution in [-0.2, 0) is 12.6 Å². The first kappa shape index (κ1) is 12.4. The second-order valence-corrected chi connectivity index (χ2v) is 4.64. The Labute approximate surface area is 99.0 Å². The van der Waals surface area contributed by atoms with Crippen LogP contribution in [-0.4, -0.2) is 12.6 Å². The fourth-order valence-corrected chi connectivity index (χ4v) is 2.30. The molecule has 1 unspecified atom stereocenters. The minimum atomic E-state index is -4.24. The first-order valence-electron chi connectivity index (χ1n) is 5.87. The molecule has 17 heavy (non-hydrogen) atoms. The Bertz CT molecular complexity index is 392. The summed E-state index contributed by atoms with van der Waals surface area (Å²) in [5.41, 5.74) is 1.18. The third-order valence-corrected chi connectivity index (χ3v) is 3.30. The van der Waals surface area contributed by atoms with Crippen molar-refractivity contribution in [3.8, 4) is 0 Å². The molecule has 1 aromatic rings. The predicted octanol–water partition coefficient (Wildman–Crippen LogP) is 3.31. The molecular weight excluding hydrogens is 227 g/mol. The number of rotatable bonds is 2. The Hall–Kier alpha value is -1.03. The maximum absolute atomic E-state index is 12.5. The van der Waals surface area contributed by atoms with Crippen LogP contribution in [0.5, 0.6) is 0 Å². The van der Waals surface area contributed by atoms with E-state index in [0.29, 0.717) is 6.04 Å². The topological polar surface area (TPSA) is 12.0 Å². The van der Waals surface area contributed by atoms with Crippen LogP contribution >= 0.6 is 0 Å². The monoisotopic (exact) mass is 243 g/mol. The summed E-state index contributed by atoms with van der Waals surface area (Å²) in [4.78, 5) is 0. The lowest BCUT2D eigenvalue weighted by atomic mass is 9.98. The Balaban J connectivity index is 2.14. The summed E-state index contributed by atoms with van der Waals surface area (Å²) in [7, 11) is 0. The minimum Gasteiger partial charge on any atom is -0.314 e. The Morgan fingerprint density at radius 3 is 2.65 bits per heavy atom. The SMILES string of the molecule is Cc1cc(C(F)(F)F)ccc1CC1CCCN1. The smallest absolute Gasteiger partial charge is 0.314 e. The van der Waals surface area contributed by atoms with Gasteiger partial charge in [0.2, 0.25) is 0 Å². The van der Waals surface area contributed by atoms with Crippen LogP contribution in [0, 0.1) is 6.92 Å². The zero-order chi connectivity index (χ0) is 12.5. The molecule has 0 amide bonds. The summed E-state index contributed by atoms with van der Waals surface area (Å²) in [6.07, 6.45) is -1.15. The number of aryl methyl sites for hydroxylation is 1. The summed E-state index contributed by atoms with van der Waals surface area (Å²) < 4.78 is 37.5. The molecule has 1 aliphatic rings. The summed E-state index contributed by atoms with van der Waals surface area (Å²) in [6, 6.07) is 4.45. The molecule has 1 nitrogen and oxygen atoms in total. The molecule has 4 heteroatoms. The van der Waals surface area contributed by atoms with Crippen LogP contribution in [0.15, 0.2) is 18.2 Å². The number of hydrogen-bond acceptors (Lipinski definition) is 1. The van der Waals surface area contributed by atoms with E-state index in [1.807, 2.05) is 0 Å². The molecular formula is C13H16F3N. The van der Waals surface area contributed by atoms with Crippen molar-refractivity contribution in [2.75, 3.05) is 6.54 Å². The molecule has 0 bridgehead atoms. The van der Waals surface area contributed by atoms with E-state index in [4.69, 9.17) is 0 Å². The molecule has 1 saturated heterocycles. The summed E-state index contributed by atoms with van der Waals surface area (Å²) in [6.45, 7) is 2.77. The number of halogens is 3. The van der Waals surface area contributed by atoms with Gasteiger partial charge in [0.05, 0.1) is 5.56 Å². The van der Waals surface area contributed by atoms with Crippen molar-refractivity contribution < 1.29 is 13.2 Å². The highest BCUT2D eigenvalue weighted by Gasteiger charge is 2.30. The molecule has 0 radical (unpaired) electrons. The second kappa shape index (κ2) is 4.69. The molecule has 1 heterocycles. The quantitative estimate of drug-likeness (QED) is 0.840. The van der Waals surface area contributed by atoms with E-state index in [1.165, 1.54) is 12.1 Å². The predicted molar refractivity (Wildman–Crippen MR) is 60.9 cm³/mol. The van der Waals surface area contributed by atoms with E-state index >= 15 is 0 Å². The van der Waals surface area contributed by atoms with Crippen molar-refractivity contribution in [2.24, 2.45) is 0 Å². The van der Waals surface area contributed by atoms with E-state index in [-0.39, 0.29) is 0 Å². The molecule has 0 saturated carbocycles. The average molecular weight is 243 g/mol. The van der Waals surface area contributed by atoms with E-state index in [0.717, 1.165) is 36.9 Å². The van der Waals surface area contributed by atoms with E-state index in [9.17, 15) is 13.2 Å². The van der Waals surface area contributed by atoms with Gasteiger partial charge in [0, 0.05) is 6.04 Å². The minimum absolute atomic E-state index is 0.422. The van der Waals surface area contributed by atoms with Crippen LogP contribution in [0.2, 0.25) is 0 Å². The van der Waals surface area contributed by atoms with Gasteiger partial charge in [-0.25, -0.2) is 0 Å². The van der Waals surface area contributed by atoms with Gasteiger partial charge in [-0.2, -0.15) is 13.2 Å². The lowest BCUT2D eigenvalue weighted by Gasteiger charge is -2.14. The van der Waals surface area contributed by atoms with Gasteiger partial charge in [0.15, 0.2) is 0 Å². The lowest BCUT2D eigenvalue weighted by molar-refractivity contribution is -0.137. The van der Waals surface area contributed by atoms with Gasteiger partial charge in [-0.1, -0.05) is 6.07 Å². The van der Waals surface area contributed by atoms with Crippen molar-refractivity contribution in [3.63, 3.8) is 0 Å². The van der Waals surface area contributed by atoms with Crippen molar-refractivity contribution in [1.29, 1.82) is 0 Å². The molecule has 1 aliphatic heterocycles. The molecule has 1 atom stereocenters. The Morgan fingerprint density at radius 2 is 2.12 bits per heavy atom. The van der Waals surface area contributed by atoms with Crippen molar-refractivity contribution in [2.45, 2.75) is 38.4 Å². The summed E-state index contributed by atoms with van der Waals surface area (Å²) >= 11 is 0. The molecule has 0 spiro atoms. The van der Waals surface area contributed by atoms with Crippen LogP contribution < -0.4 is 5.32 Å². The maximum atomic E-state index is 12.5. The largest absolute Gasteiger partial charge is 0.416 e. The normalized spacial score (nSPS) is 20.8. The summed E-state index contributed by atoms with van der Waals surface area (Å²) in [5, 5.41) is 3.35. The van der Waals surface area contributed by atoms with Crippen LogP contribution in [0.1, 0.15) is 29.5 Å². The molecule has 0 aromatic heterocycles. The van der Waals surface area contributed by atoms with Gasteiger partial charge in [0.25, 0.3) is 0 Å². The van der Waals surface area contributed by atoms with Crippen molar-refractivity contribution >= 4 is 0 Å². The highest BCUT2D eigenvalue weighted by molar-refractivity contribution is 5.33. The molecule has 1 fully saturated rings. The maximum Gasteiger partial charge on any atom is 0.416 e. The fourth-order valence-electron chi connectivity index (χ4n) is 2.30. The van der Waals surface area contributed by atoms with Gasteiger partial charge < -0.3 is 5.32 Å². The Kier molecular flexibility index (Phi) is 3.43. The molecule has 0 aliphatic carbocycles. The van der Waals surface area contributed by atoms with Gasteiger partial charge in [-0.15, -0.1) is 0 Å². The zero-order valence-electron chi connectivity index (χ0n) is 9.77. The molecule has 1 aromatic carbocycles. The van der Waals surface area contributed by atoms with Crippen molar-refractivity contribution in [3.05, 3.63) is 34.9 Å². The highest BCUT2D eigenvalue weighted by Crippen LogP contribution is 2.30. The standard InChI is InChI=1S/C13H16F3N/c1-9-7-11(13(14,15)16)5-4-10(9)8-12-3-2-6-17-12/h4-5,7,12,17H,2-3,6,8H2,1H3. The number of nitrogens with one attached hydrogen (secondary N) is 1. The van der Waals surface area contributed by atoms with E-state index in [2.05, 4.69) is 5.32 Å². The highest BCUT2D eigenvalue weighted by atomic mass is 19.4. The van der Waals surface area contributed by atoms with E-state index < -0.39 is 11.7 Å². The second-order valence-electron chi connectivity index (χ2n) is 4.64. The number of benzene rings is 1. The average Bonchev–Trinajstić information content (AvgIpc) is 2.72.